The first kappa shape index (κ1) is 22.8. The van der Waals surface area contributed by atoms with E-state index in [1.807, 2.05) is 45.9 Å². The Morgan fingerprint density at radius 1 is 1.00 bits per heavy atom. The zero-order valence-electron chi connectivity index (χ0n) is 20.2. The minimum absolute atomic E-state index is 0.293. The highest BCUT2D eigenvalue weighted by Gasteiger charge is 2.28. The maximum atomic E-state index is 13.6. The molecule has 1 aliphatic heterocycles. The van der Waals surface area contributed by atoms with Crippen LogP contribution in [0.5, 0.6) is 11.5 Å². The smallest absolute Gasteiger partial charge is 0.332 e. The Kier molecular flexibility index (Phi) is 6.07. The van der Waals surface area contributed by atoms with Gasteiger partial charge < -0.3 is 18.9 Å². The van der Waals surface area contributed by atoms with Gasteiger partial charge in [0.15, 0.2) is 11.2 Å². The number of anilines is 2. The fourth-order valence-corrected chi connectivity index (χ4v) is 4.78. The molecular weight excluding hydrogens is 446 g/mol. The summed E-state index contributed by atoms with van der Waals surface area (Å²) < 4.78 is 15.7. The van der Waals surface area contributed by atoms with E-state index in [0.29, 0.717) is 54.7 Å². The van der Waals surface area contributed by atoms with Crippen molar-refractivity contribution in [3.8, 4) is 11.5 Å². The molecule has 2 aromatic carbocycles. The number of hydrogen-bond donors (Lipinski definition) is 0. The van der Waals surface area contributed by atoms with Gasteiger partial charge in [-0.3, -0.25) is 13.9 Å². The predicted octanol–water partition coefficient (Wildman–Crippen LogP) is 3.09. The van der Waals surface area contributed by atoms with Crippen LogP contribution in [0.15, 0.2) is 58.1 Å². The molecule has 0 atom stereocenters. The van der Waals surface area contributed by atoms with Gasteiger partial charge in [0.05, 0.1) is 19.9 Å². The lowest BCUT2D eigenvalue weighted by molar-refractivity contribution is 0.394. The third-order valence-corrected chi connectivity index (χ3v) is 6.58. The molecule has 9 heteroatoms. The van der Waals surface area contributed by atoms with Crippen molar-refractivity contribution < 1.29 is 9.47 Å². The molecule has 0 fully saturated rings. The number of rotatable bonds is 7. The second-order valence-electron chi connectivity index (χ2n) is 8.67. The number of hydrogen-bond acceptors (Lipinski definition) is 6. The van der Waals surface area contributed by atoms with Gasteiger partial charge in [-0.1, -0.05) is 30.3 Å². The summed E-state index contributed by atoms with van der Waals surface area (Å²) in [5.74, 6) is 1.97. The van der Waals surface area contributed by atoms with Gasteiger partial charge in [0.2, 0.25) is 5.95 Å². The monoisotopic (exact) mass is 475 g/mol. The fraction of sp³-hybridized carbons (Fsp3) is 0.346. The Morgan fingerprint density at radius 3 is 2.54 bits per heavy atom. The lowest BCUT2D eigenvalue weighted by Crippen LogP contribution is -2.40. The van der Waals surface area contributed by atoms with Crippen LogP contribution >= 0.6 is 0 Å². The lowest BCUT2D eigenvalue weighted by atomic mass is 10.1. The summed E-state index contributed by atoms with van der Waals surface area (Å²) in [6.45, 7) is 1.72. The second kappa shape index (κ2) is 9.32. The Hall–Kier alpha value is -4.01. The number of imidazole rings is 1. The summed E-state index contributed by atoms with van der Waals surface area (Å²) in [7, 11) is 4.90. The molecule has 0 N–H and O–H groups in total. The number of benzene rings is 2. The topological polar surface area (TPSA) is 83.5 Å². The first-order valence-corrected chi connectivity index (χ1v) is 11.8. The summed E-state index contributed by atoms with van der Waals surface area (Å²) in [4.78, 5) is 33.5. The van der Waals surface area contributed by atoms with E-state index < -0.39 is 0 Å². The van der Waals surface area contributed by atoms with Crippen LogP contribution in [-0.2, 0) is 26.6 Å². The van der Waals surface area contributed by atoms with E-state index in [1.54, 1.807) is 21.3 Å². The number of aromatic nitrogens is 4. The second-order valence-corrected chi connectivity index (χ2v) is 8.67. The summed E-state index contributed by atoms with van der Waals surface area (Å²) in [5.41, 5.74) is 2.23. The minimum Gasteiger partial charge on any atom is -0.497 e. The lowest BCUT2D eigenvalue weighted by Gasteiger charge is -2.30. The highest BCUT2D eigenvalue weighted by atomic mass is 16.5. The van der Waals surface area contributed by atoms with Gasteiger partial charge in [0.25, 0.3) is 5.56 Å². The third-order valence-electron chi connectivity index (χ3n) is 6.58. The van der Waals surface area contributed by atoms with Crippen molar-refractivity contribution in [3.63, 3.8) is 0 Å². The summed E-state index contributed by atoms with van der Waals surface area (Å²) in [5, 5.41) is 0. The van der Waals surface area contributed by atoms with Crippen molar-refractivity contribution in [1.82, 2.24) is 18.7 Å². The molecule has 1 aliphatic rings. The van der Waals surface area contributed by atoms with Crippen LogP contribution in [0.25, 0.3) is 11.2 Å². The Labute approximate surface area is 202 Å². The van der Waals surface area contributed by atoms with E-state index in [1.165, 1.54) is 14.7 Å². The molecule has 3 heterocycles. The number of aryl methyl sites for hydroxylation is 3. The van der Waals surface area contributed by atoms with Crippen molar-refractivity contribution in [3.05, 3.63) is 74.9 Å². The molecule has 0 unspecified atom stereocenters. The molecule has 5 rings (SSSR count). The molecule has 0 saturated carbocycles. The van der Waals surface area contributed by atoms with Crippen molar-refractivity contribution in [2.24, 2.45) is 7.05 Å². The van der Waals surface area contributed by atoms with Gasteiger partial charge in [0.1, 0.15) is 11.5 Å². The van der Waals surface area contributed by atoms with Gasteiger partial charge in [-0.05, 0) is 37.0 Å². The first-order valence-electron chi connectivity index (χ1n) is 11.8. The van der Waals surface area contributed by atoms with Gasteiger partial charge >= 0.3 is 5.69 Å². The van der Waals surface area contributed by atoms with E-state index in [9.17, 15) is 9.59 Å². The van der Waals surface area contributed by atoms with Crippen molar-refractivity contribution >= 4 is 22.8 Å². The summed E-state index contributed by atoms with van der Waals surface area (Å²) >= 11 is 0. The average molecular weight is 476 g/mol. The third kappa shape index (κ3) is 3.96. The molecule has 0 amide bonds. The van der Waals surface area contributed by atoms with E-state index in [2.05, 4.69) is 12.1 Å². The first-order chi connectivity index (χ1) is 17.0. The molecule has 4 aromatic rings. The number of nitrogens with zero attached hydrogens (tertiary/aromatic N) is 5. The van der Waals surface area contributed by atoms with Crippen LogP contribution in [0.3, 0.4) is 0 Å². The fourth-order valence-electron chi connectivity index (χ4n) is 4.78. The minimum atomic E-state index is -0.348. The molecule has 2 aromatic heterocycles. The number of methoxy groups -OCH3 is 2. The SMILES string of the molecule is COc1ccc(N2CCCn3c2nc2c3c(=O)n(CCCc3ccccc3)c(=O)n2C)c(OC)c1. The normalized spacial score (nSPS) is 13.2. The van der Waals surface area contributed by atoms with Gasteiger partial charge in [-0.25, -0.2) is 4.79 Å². The Bertz CT molecular complexity index is 1490. The van der Waals surface area contributed by atoms with Crippen molar-refractivity contribution in [1.29, 1.82) is 0 Å². The maximum Gasteiger partial charge on any atom is 0.332 e. The van der Waals surface area contributed by atoms with Gasteiger partial charge in [-0.15, -0.1) is 0 Å². The van der Waals surface area contributed by atoms with Crippen LogP contribution < -0.4 is 25.6 Å². The van der Waals surface area contributed by atoms with Crippen molar-refractivity contribution in [2.75, 3.05) is 25.7 Å². The van der Waals surface area contributed by atoms with Crippen LogP contribution in [0, 0.1) is 0 Å². The molecular formula is C26H29N5O4. The van der Waals surface area contributed by atoms with E-state index in [4.69, 9.17) is 14.5 Å². The Morgan fingerprint density at radius 2 is 1.80 bits per heavy atom. The highest BCUT2D eigenvalue weighted by molar-refractivity contribution is 5.78. The highest BCUT2D eigenvalue weighted by Crippen LogP contribution is 2.38. The summed E-state index contributed by atoms with van der Waals surface area (Å²) in [6, 6.07) is 15.7. The molecule has 9 nitrogen and oxygen atoms in total. The number of fused-ring (bicyclic) bond motifs is 3. The number of ether oxygens (including phenoxy) is 2. The zero-order valence-corrected chi connectivity index (χ0v) is 20.2. The van der Waals surface area contributed by atoms with Crippen LogP contribution in [0.2, 0.25) is 0 Å². The van der Waals surface area contributed by atoms with E-state index >= 15 is 0 Å². The molecule has 0 saturated heterocycles. The van der Waals surface area contributed by atoms with Crippen LogP contribution in [0.4, 0.5) is 11.6 Å². The van der Waals surface area contributed by atoms with E-state index in [0.717, 1.165) is 18.5 Å². The molecule has 0 aliphatic carbocycles. The van der Waals surface area contributed by atoms with Gasteiger partial charge in [0, 0.05) is 32.7 Å². The molecule has 182 valence electrons. The van der Waals surface area contributed by atoms with E-state index in [-0.39, 0.29) is 11.2 Å². The molecule has 0 radical (unpaired) electrons. The molecule has 0 spiro atoms. The standard InChI is InChI=1S/C26H29N5O4/c1-28-23-22(24(32)31(26(28)33)14-7-11-18-9-5-4-6-10-18)30-16-8-15-29(25(30)27-23)20-13-12-19(34-2)17-21(20)35-3/h4-6,9-10,12-13,17H,7-8,11,14-16H2,1-3H3. The largest absolute Gasteiger partial charge is 0.497 e. The van der Waals surface area contributed by atoms with Crippen LogP contribution in [0.1, 0.15) is 18.4 Å². The predicted molar refractivity (Wildman–Crippen MR) is 135 cm³/mol. The summed E-state index contributed by atoms with van der Waals surface area (Å²) in [6.07, 6.45) is 2.31. The average Bonchev–Trinajstić information content (AvgIpc) is 3.30. The van der Waals surface area contributed by atoms with Gasteiger partial charge in [-0.2, -0.15) is 4.98 Å². The zero-order chi connectivity index (χ0) is 24.5. The maximum absolute atomic E-state index is 13.6. The quantitative estimate of drug-likeness (QED) is 0.409. The van der Waals surface area contributed by atoms with Crippen molar-refractivity contribution in [2.45, 2.75) is 32.4 Å². The molecule has 35 heavy (non-hydrogen) atoms. The Balaban J connectivity index is 1.56. The molecule has 0 bridgehead atoms. The van der Waals surface area contributed by atoms with Crippen LogP contribution in [-0.4, -0.2) is 39.4 Å².